The van der Waals surface area contributed by atoms with Gasteiger partial charge in [0.05, 0.1) is 18.7 Å². The molecule has 0 radical (unpaired) electrons. The maximum absolute atomic E-state index is 13.2. The first-order valence-corrected chi connectivity index (χ1v) is 11.0. The molecule has 9 nitrogen and oxygen atoms in total. The molecule has 0 aliphatic heterocycles. The van der Waals surface area contributed by atoms with Crippen LogP contribution in [0.4, 0.5) is 10.2 Å². The van der Waals surface area contributed by atoms with Crippen LogP contribution in [-0.2, 0) is 14.1 Å². The van der Waals surface area contributed by atoms with Crippen molar-refractivity contribution in [1.29, 1.82) is 0 Å². The number of nitrogen functional groups attached to an aromatic ring is 1. The van der Waals surface area contributed by atoms with Gasteiger partial charge in [0.2, 0.25) is 0 Å². The number of ether oxygens (including phenoxy) is 1. The standard InChI is InChI=1S/C13H16FN3O3.C6H6O.C3H9N.CH5OP/c1-7(2)12(18)20-6-9-3-8(9)4-17-5-10(14)11(15)16-13(17)19;7-6-4-2-1-3-5-6;1-3(2)4;1-2-3/h4-5,7,9H,3,6H2,1-2H3,(H2,15,16,19);1-5,7H;3H,4H2,1-2H3;3H2,1H3/b8-4-;;;. The van der Waals surface area contributed by atoms with Crippen molar-refractivity contribution in [2.45, 2.75) is 40.2 Å². The van der Waals surface area contributed by atoms with Crippen molar-refractivity contribution in [2.24, 2.45) is 17.6 Å². The number of rotatable bonds is 4. The number of hydrogen-bond acceptors (Lipinski definition) is 8. The Morgan fingerprint density at radius 1 is 1.32 bits per heavy atom. The average molecular weight is 499 g/mol. The Labute approximate surface area is 202 Å². The Balaban J connectivity index is 0.000000635. The molecule has 0 spiro atoms. The van der Waals surface area contributed by atoms with Gasteiger partial charge in [0.25, 0.3) is 0 Å². The van der Waals surface area contributed by atoms with E-state index in [0.29, 0.717) is 18.2 Å². The maximum atomic E-state index is 13.2. The Kier molecular flexibility index (Phi) is 15.4. The number of aromatic nitrogens is 2. The molecular weight excluding hydrogens is 462 g/mol. The van der Waals surface area contributed by atoms with Gasteiger partial charge in [-0.05, 0) is 39.6 Å². The highest BCUT2D eigenvalue weighted by molar-refractivity contribution is 7.09. The Morgan fingerprint density at radius 2 is 1.85 bits per heavy atom. The highest BCUT2D eigenvalue weighted by atomic mass is 31.0. The molecule has 2 aromatic rings. The van der Waals surface area contributed by atoms with Crippen LogP contribution < -0.4 is 17.2 Å². The minimum Gasteiger partial charge on any atom is -0.508 e. The molecule has 2 unspecified atom stereocenters. The molecule has 1 aromatic heterocycles. The summed E-state index contributed by atoms with van der Waals surface area (Å²) in [5.74, 6) is -1.17. The van der Waals surface area contributed by atoms with Gasteiger partial charge < -0.3 is 25.8 Å². The fourth-order valence-corrected chi connectivity index (χ4v) is 2.06. The van der Waals surface area contributed by atoms with Crippen LogP contribution in [0.3, 0.4) is 0 Å². The van der Waals surface area contributed by atoms with Gasteiger partial charge >= 0.3 is 11.7 Å². The zero-order valence-electron chi connectivity index (χ0n) is 20.3. The molecule has 1 aliphatic carbocycles. The number of aromatic hydroxyl groups is 1. The van der Waals surface area contributed by atoms with E-state index in [2.05, 4.69) is 19.0 Å². The van der Waals surface area contributed by atoms with Gasteiger partial charge in [-0.3, -0.25) is 9.36 Å². The number of phenolic OH excluding ortho intramolecular Hbond substituents is 1. The molecule has 1 saturated carbocycles. The number of hydrogen-bond donors (Lipinski definition) is 3. The number of nitrogens with two attached hydrogens (primary N) is 2. The van der Waals surface area contributed by atoms with E-state index in [0.717, 1.165) is 16.3 Å². The first-order valence-electron chi connectivity index (χ1n) is 10.6. The number of halogens is 1. The average Bonchev–Trinajstić information content (AvgIpc) is 3.49. The minimum absolute atomic E-state index is 0.0882. The van der Waals surface area contributed by atoms with Crippen molar-refractivity contribution >= 4 is 27.5 Å². The molecule has 1 aromatic carbocycles. The zero-order chi connectivity index (χ0) is 26.3. The third-order valence-corrected chi connectivity index (χ3v) is 3.74. The number of phenols is 1. The van der Waals surface area contributed by atoms with Crippen LogP contribution in [0.15, 0.2) is 46.9 Å². The van der Waals surface area contributed by atoms with Gasteiger partial charge in [0.1, 0.15) is 5.75 Å². The Bertz CT molecular complexity index is 949. The van der Waals surface area contributed by atoms with Crippen molar-refractivity contribution in [3.63, 3.8) is 0 Å². The van der Waals surface area contributed by atoms with Crippen molar-refractivity contribution in [1.82, 2.24) is 9.55 Å². The van der Waals surface area contributed by atoms with Crippen LogP contribution in [0.5, 0.6) is 5.75 Å². The van der Waals surface area contributed by atoms with Crippen molar-refractivity contribution in [3.8, 4) is 5.75 Å². The summed E-state index contributed by atoms with van der Waals surface area (Å²) in [4.78, 5) is 26.2. The van der Waals surface area contributed by atoms with E-state index in [-0.39, 0.29) is 24.4 Å². The van der Waals surface area contributed by atoms with Crippen molar-refractivity contribution in [3.05, 3.63) is 58.4 Å². The summed E-state index contributed by atoms with van der Waals surface area (Å²) < 4.78 is 23.5. The highest BCUT2D eigenvalue weighted by Gasteiger charge is 2.31. The van der Waals surface area contributed by atoms with Crippen molar-refractivity contribution < 1.29 is 23.6 Å². The van der Waals surface area contributed by atoms with Crippen molar-refractivity contribution in [2.75, 3.05) is 19.5 Å². The molecule has 0 amide bonds. The Morgan fingerprint density at radius 3 is 2.29 bits per heavy atom. The fourth-order valence-electron chi connectivity index (χ4n) is 2.06. The van der Waals surface area contributed by atoms with Crippen LogP contribution >= 0.6 is 9.47 Å². The van der Waals surface area contributed by atoms with Gasteiger partial charge in [-0.25, -0.2) is 9.18 Å². The molecule has 11 heteroatoms. The molecule has 190 valence electrons. The molecule has 0 bridgehead atoms. The quantitative estimate of drug-likeness (QED) is 0.431. The van der Waals surface area contributed by atoms with E-state index in [1.807, 2.05) is 19.9 Å². The maximum Gasteiger partial charge on any atom is 0.353 e. The molecule has 2 atom stereocenters. The fraction of sp³-hybridized carbons (Fsp3) is 0.435. The first kappa shape index (κ1) is 31.2. The van der Waals surface area contributed by atoms with E-state index < -0.39 is 17.3 Å². The lowest BCUT2D eigenvalue weighted by atomic mass is 10.2. The molecule has 1 fully saturated rings. The number of carbonyl (C=O) groups excluding carboxylic acids is 1. The number of benzene rings is 1. The summed E-state index contributed by atoms with van der Waals surface area (Å²) in [6.45, 7) is 7.69. The zero-order valence-corrected chi connectivity index (χ0v) is 21.4. The van der Waals surface area contributed by atoms with E-state index >= 15 is 0 Å². The topological polar surface area (TPSA) is 143 Å². The second kappa shape index (κ2) is 16.7. The van der Waals surface area contributed by atoms with Crippen LogP contribution in [0.1, 0.15) is 34.1 Å². The van der Waals surface area contributed by atoms with Gasteiger partial charge in [0, 0.05) is 19.2 Å². The molecule has 0 saturated heterocycles. The predicted octanol–water partition coefficient (Wildman–Crippen LogP) is 3.19. The van der Waals surface area contributed by atoms with E-state index in [9.17, 15) is 14.0 Å². The summed E-state index contributed by atoms with van der Waals surface area (Å²) in [7, 11) is 3.67. The summed E-state index contributed by atoms with van der Waals surface area (Å²) in [5.41, 5.74) is 10.6. The smallest absolute Gasteiger partial charge is 0.353 e. The van der Waals surface area contributed by atoms with Crippen LogP contribution in [-0.4, -0.2) is 40.4 Å². The summed E-state index contributed by atoms with van der Waals surface area (Å²) >= 11 is 0. The lowest BCUT2D eigenvalue weighted by molar-refractivity contribution is -0.147. The lowest BCUT2D eigenvalue weighted by Crippen LogP contribution is -2.21. The van der Waals surface area contributed by atoms with Gasteiger partial charge in [0.15, 0.2) is 11.6 Å². The lowest BCUT2D eigenvalue weighted by Gasteiger charge is -2.05. The van der Waals surface area contributed by atoms with Gasteiger partial charge in [-0.1, -0.05) is 45.9 Å². The van der Waals surface area contributed by atoms with Gasteiger partial charge in [-0.15, -0.1) is 0 Å². The third kappa shape index (κ3) is 14.4. The van der Waals surface area contributed by atoms with Gasteiger partial charge in [-0.2, -0.15) is 4.98 Å². The van der Waals surface area contributed by atoms with Crippen LogP contribution in [0.25, 0.3) is 6.20 Å². The highest BCUT2D eigenvalue weighted by Crippen LogP contribution is 2.38. The second-order valence-corrected chi connectivity index (χ2v) is 8.34. The Hall–Kier alpha value is -2.81. The van der Waals surface area contributed by atoms with Crippen LogP contribution in [0.2, 0.25) is 0 Å². The molecule has 34 heavy (non-hydrogen) atoms. The summed E-state index contributed by atoms with van der Waals surface area (Å²) in [5, 5.41) is 8.63. The summed E-state index contributed by atoms with van der Waals surface area (Å²) in [6, 6.07) is 9.05. The molecule has 1 heterocycles. The first-order chi connectivity index (χ1) is 15.9. The molecular formula is C23H36FN4O5P. The monoisotopic (exact) mass is 498 g/mol. The number of nitrogens with zero attached hydrogens (tertiary/aromatic N) is 2. The molecule has 3 rings (SSSR count). The third-order valence-electron chi connectivity index (χ3n) is 3.74. The second-order valence-electron chi connectivity index (χ2n) is 7.87. The molecule has 5 N–H and O–H groups in total. The van der Waals surface area contributed by atoms with E-state index in [1.54, 1.807) is 45.2 Å². The predicted molar refractivity (Wildman–Crippen MR) is 135 cm³/mol. The molecule has 1 aliphatic rings. The number of anilines is 1. The van der Waals surface area contributed by atoms with Crippen LogP contribution in [0, 0.1) is 17.7 Å². The SMILES string of the molecule is CC(C)C(=O)OCC1C/C1=C/n1cc(F)c(N)nc1=O.CC(C)N.COP.Oc1ccccc1. The minimum atomic E-state index is -0.745. The largest absolute Gasteiger partial charge is 0.508 e. The number of para-hydroxylation sites is 1. The number of carbonyl (C=O) groups is 1. The van der Waals surface area contributed by atoms with E-state index in [4.69, 9.17) is 21.3 Å². The normalized spacial score (nSPS) is 14.8. The summed E-state index contributed by atoms with van der Waals surface area (Å²) in [6.07, 6.45) is 3.21. The number of esters is 1. The van der Waals surface area contributed by atoms with E-state index in [1.165, 1.54) is 6.20 Å².